The van der Waals surface area contributed by atoms with Crippen LogP contribution < -0.4 is 10.6 Å². The van der Waals surface area contributed by atoms with Gasteiger partial charge in [-0.25, -0.2) is 0 Å². The molecule has 0 fully saturated rings. The van der Waals surface area contributed by atoms with Crippen LogP contribution in [0.1, 0.15) is 39.7 Å². The lowest BCUT2D eigenvalue weighted by atomic mass is 10.2. The van der Waals surface area contributed by atoms with Crippen LogP contribution in [-0.4, -0.2) is 24.7 Å². The number of anilines is 1. The number of hydrogen-bond donors (Lipinski definition) is 1. The fourth-order valence-electron chi connectivity index (χ4n) is 1.79. The molecular weight excluding hydrogens is 252 g/mol. The van der Waals surface area contributed by atoms with Gasteiger partial charge in [0.05, 0.1) is 5.60 Å². The van der Waals surface area contributed by atoms with Gasteiger partial charge in [0, 0.05) is 18.8 Å². The third-order valence-corrected chi connectivity index (χ3v) is 2.86. The van der Waals surface area contributed by atoms with E-state index in [2.05, 4.69) is 6.92 Å². The smallest absolute Gasteiger partial charge is 0.252 e. The molecule has 0 saturated heterocycles. The SMILES string of the molecule is CCCN(C(=O)COC(C)(C)C)c1ccc(CN)cc1. The number of benzene rings is 1. The van der Waals surface area contributed by atoms with Gasteiger partial charge in [0.1, 0.15) is 6.61 Å². The highest BCUT2D eigenvalue weighted by Gasteiger charge is 2.18. The third-order valence-electron chi connectivity index (χ3n) is 2.86. The molecule has 4 nitrogen and oxygen atoms in total. The fourth-order valence-corrected chi connectivity index (χ4v) is 1.79. The zero-order valence-corrected chi connectivity index (χ0v) is 13.0. The first-order valence-corrected chi connectivity index (χ1v) is 7.10. The van der Waals surface area contributed by atoms with Crippen LogP contribution in [0.5, 0.6) is 0 Å². The van der Waals surface area contributed by atoms with E-state index in [9.17, 15) is 4.79 Å². The van der Waals surface area contributed by atoms with Crippen molar-refractivity contribution in [2.24, 2.45) is 5.73 Å². The number of nitrogens with zero attached hydrogens (tertiary/aromatic N) is 1. The molecule has 0 unspecified atom stereocenters. The summed E-state index contributed by atoms with van der Waals surface area (Å²) in [7, 11) is 0. The lowest BCUT2D eigenvalue weighted by Crippen LogP contribution is -2.37. The highest BCUT2D eigenvalue weighted by Crippen LogP contribution is 2.17. The number of hydrogen-bond acceptors (Lipinski definition) is 3. The second-order valence-electron chi connectivity index (χ2n) is 5.82. The maximum Gasteiger partial charge on any atom is 0.252 e. The van der Waals surface area contributed by atoms with E-state index in [1.165, 1.54) is 0 Å². The Bertz CT molecular complexity index is 421. The van der Waals surface area contributed by atoms with Crippen molar-refractivity contribution < 1.29 is 9.53 Å². The second kappa shape index (κ2) is 7.41. The van der Waals surface area contributed by atoms with Crippen molar-refractivity contribution in [2.45, 2.75) is 46.3 Å². The van der Waals surface area contributed by atoms with Gasteiger partial charge >= 0.3 is 0 Å². The molecule has 0 aliphatic heterocycles. The molecule has 0 atom stereocenters. The lowest BCUT2D eigenvalue weighted by Gasteiger charge is -2.25. The molecule has 0 aromatic heterocycles. The fraction of sp³-hybridized carbons (Fsp3) is 0.562. The average Bonchev–Trinajstić information content (AvgIpc) is 2.41. The molecule has 0 heterocycles. The Morgan fingerprint density at radius 3 is 2.30 bits per heavy atom. The second-order valence-corrected chi connectivity index (χ2v) is 5.82. The Morgan fingerprint density at radius 2 is 1.85 bits per heavy atom. The van der Waals surface area contributed by atoms with Gasteiger partial charge in [-0.15, -0.1) is 0 Å². The molecule has 0 bridgehead atoms. The molecule has 0 radical (unpaired) electrons. The minimum absolute atomic E-state index is 0.0118. The summed E-state index contributed by atoms with van der Waals surface area (Å²) in [6, 6.07) is 7.78. The van der Waals surface area contributed by atoms with E-state index in [4.69, 9.17) is 10.5 Å². The van der Waals surface area contributed by atoms with Crippen molar-refractivity contribution in [1.29, 1.82) is 0 Å². The van der Waals surface area contributed by atoms with Gasteiger partial charge < -0.3 is 15.4 Å². The molecule has 1 rings (SSSR count). The van der Waals surface area contributed by atoms with Crippen molar-refractivity contribution in [1.82, 2.24) is 0 Å². The molecule has 1 aromatic carbocycles. The van der Waals surface area contributed by atoms with E-state index in [1.807, 2.05) is 45.0 Å². The minimum atomic E-state index is -0.309. The predicted molar refractivity (Wildman–Crippen MR) is 82.7 cm³/mol. The zero-order valence-electron chi connectivity index (χ0n) is 13.0. The van der Waals surface area contributed by atoms with Crippen LogP contribution in [0, 0.1) is 0 Å². The molecule has 112 valence electrons. The average molecular weight is 278 g/mol. The number of amides is 1. The molecule has 20 heavy (non-hydrogen) atoms. The molecule has 4 heteroatoms. The number of ether oxygens (including phenoxy) is 1. The maximum absolute atomic E-state index is 12.3. The summed E-state index contributed by atoms with van der Waals surface area (Å²) in [4.78, 5) is 14.1. The van der Waals surface area contributed by atoms with Crippen molar-refractivity contribution >= 4 is 11.6 Å². The first-order chi connectivity index (χ1) is 9.37. The molecular formula is C16H26N2O2. The standard InChI is InChI=1S/C16H26N2O2/c1-5-10-18(15(19)12-20-16(2,3)4)14-8-6-13(11-17)7-9-14/h6-9H,5,10-12,17H2,1-4H3. The van der Waals surface area contributed by atoms with Gasteiger partial charge in [0.25, 0.3) is 5.91 Å². The van der Waals surface area contributed by atoms with Crippen LogP contribution in [-0.2, 0) is 16.1 Å². The van der Waals surface area contributed by atoms with E-state index >= 15 is 0 Å². The molecule has 0 saturated carbocycles. The van der Waals surface area contributed by atoms with E-state index in [0.29, 0.717) is 13.1 Å². The van der Waals surface area contributed by atoms with Crippen molar-refractivity contribution in [2.75, 3.05) is 18.1 Å². The molecule has 0 aliphatic carbocycles. The van der Waals surface area contributed by atoms with Crippen LogP contribution in [0.4, 0.5) is 5.69 Å². The van der Waals surface area contributed by atoms with Gasteiger partial charge in [-0.05, 0) is 44.9 Å². The minimum Gasteiger partial charge on any atom is -0.366 e. The highest BCUT2D eigenvalue weighted by atomic mass is 16.5. The number of rotatable bonds is 6. The predicted octanol–water partition coefficient (Wildman–Crippen LogP) is 2.70. The Hall–Kier alpha value is -1.39. The van der Waals surface area contributed by atoms with Gasteiger partial charge in [0.2, 0.25) is 0 Å². The van der Waals surface area contributed by atoms with Crippen molar-refractivity contribution in [3.8, 4) is 0 Å². The van der Waals surface area contributed by atoms with E-state index in [-0.39, 0.29) is 18.1 Å². The summed E-state index contributed by atoms with van der Waals surface area (Å²) < 4.78 is 5.57. The van der Waals surface area contributed by atoms with E-state index < -0.39 is 0 Å². The van der Waals surface area contributed by atoms with E-state index in [0.717, 1.165) is 17.7 Å². The largest absolute Gasteiger partial charge is 0.366 e. The Labute approximate surface area is 121 Å². The molecule has 0 spiro atoms. The number of carbonyl (C=O) groups is 1. The first-order valence-electron chi connectivity index (χ1n) is 7.10. The summed E-state index contributed by atoms with van der Waals surface area (Å²) >= 11 is 0. The zero-order chi connectivity index (χ0) is 15.2. The lowest BCUT2D eigenvalue weighted by molar-refractivity contribution is -0.127. The van der Waals surface area contributed by atoms with Gasteiger partial charge in [-0.1, -0.05) is 19.1 Å². The summed E-state index contributed by atoms with van der Waals surface area (Å²) in [5.41, 5.74) is 7.23. The number of carbonyl (C=O) groups excluding carboxylic acids is 1. The van der Waals surface area contributed by atoms with Crippen LogP contribution in [0.3, 0.4) is 0 Å². The molecule has 1 aromatic rings. The molecule has 1 amide bonds. The highest BCUT2D eigenvalue weighted by molar-refractivity contribution is 5.94. The summed E-state index contributed by atoms with van der Waals surface area (Å²) in [5.74, 6) is -0.0118. The topological polar surface area (TPSA) is 55.6 Å². The summed E-state index contributed by atoms with van der Waals surface area (Å²) in [6.07, 6.45) is 0.903. The van der Waals surface area contributed by atoms with Crippen molar-refractivity contribution in [3.05, 3.63) is 29.8 Å². The maximum atomic E-state index is 12.3. The summed E-state index contributed by atoms with van der Waals surface area (Å²) in [6.45, 7) is 9.19. The van der Waals surface area contributed by atoms with E-state index in [1.54, 1.807) is 4.90 Å². The Balaban J connectivity index is 2.78. The van der Waals surface area contributed by atoms with Crippen LogP contribution in [0.2, 0.25) is 0 Å². The summed E-state index contributed by atoms with van der Waals surface area (Å²) in [5, 5.41) is 0. The Kier molecular flexibility index (Phi) is 6.17. The van der Waals surface area contributed by atoms with Crippen LogP contribution in [0.25, 0.3) is 0 Å². The quantitative estimate of drug-likeness (QED) is 0.870. The van der Waals surface area contributed by atoms with Gasteiger partial charge in [0.15, 0.2) is 0 Å². The number of nitrogens with two attached hydrogens (primary N) is 1. The third kappa shape index (κ3) is 5.31. The first kappa shape index (κ1) is 16.7. The van der Waals surface area contributed by atoms with Crippen LogP contribution >= 0.6 is 0 Å². The Morgan fingerprint density at radius 1 is 1.25 bits per heavy atom. The normalized spacial score (nSPS) is 11.4. The monoisotopic (exact) mass is 278 g/mol. The van der Waals surface area contributed by atoms with Crippen LogP contribution in [0.15, 0.2) is 24.3 Å². The molecule has 0 aliphatic rings. The van der Waals surface area contributed by atoms with Gasteiger partial charge in [-0.3, -0.25) is 4.79 Å². The van der Waals surface area contributed by atoms with Crippen molar-refractivity contribution in [3.63, 3.8) is 0 Å². The van der Waals surface area contributed by atoms with Gasteiger partial charge in [-0.2, -0.15) is 0 Å². The molecule has 2 N–H and O–H groups in total.